The minimum absolute atomic E-state index is 0.0480. The molecule has 30 heavy (non-hydrogen) atoms. The quantitative estimate of drug-likeness (QED) is 0.567. The van der Waals surface area contributed by atoms with E-state index in [0.717, 1.165) is 10.9 Å². The Morgan fingerprint density at radius 2 is 1.97 bits per heavy atom. The monoisotopic (exact) mass is 402 g/mol. The maximum absolute atomic E-state index is 12.6. The van der Waals surface area contributed by atoms with Crippen molar-refractivity contribution in [2.45, 2.75) is 13.0 Å². The molecule has 0 fully saturated rings. The van der Waals surface area contributed by atoms with Gasteiger partial charge >= 0.3 is 0 Å². The van der Waals surface area contributed by atoms with Crippen LogP contribution in [0.1, 0.15) is 17.3 Å². The van der Waals surface area contributed by atoms with Crippen molar-refractivity contribution in [2.75, 3.05) is 13.6 Å². The smallest absolute Gasteiger partial charge is 0.258 e. The number of benzene rings is 2. The summed E-state index contributed by atoms with van der Waals surface area (Å²) < 4.78 is 1.55. The molecule has 0 aliphatic heterocycles. The molecule has 2 aromatic carbocycles. The van der Waals surface area contributed by atoms with Crippen LogP contribution in [0.5, 0.6) is 0 Å². The zero-order valence-corrected chi connectivity index (χ0v) is 17.0. The summed E-state index contributed by atoms with van der Waals surface area (Å²) in [5.41, 5.74) is 3.23. The molecular weight excluding hydrogens is 380 g/mol. The molecule has 0 unspecified atom stereocenters. The number of nitrogens with zero attached hydrogens (tertiary/aromatic N) is 4. The molecule has 0 aliphatic rings. The van der Waals surface area contributed by atoms with E-state index in [1.54, 1.807) is 62.2 Å². The minimum atomic E-state index is -0.601. The Kier molecular flexibility index (Phi) is 5.05. The Balaban J connectivity index is 1.74. The summed E-state index contributed by atoms with van der Waals surface area (Å²) in [6, 6.07) is 12.6. The number of hydrogen-bond acceptors (Lipinski definition) is 5. The van der Waals surface area contributed by atoms with Crippen LogP contribution in [0.2, 0.25) is 0 Å². The third-order valence-electron chi connectivity index (χ3n) is 5.05. The Morgan fingerprint density at radius 1 is 1.17 bits per heavy atom. The first-order chi connectivity index (χ1) is 14.3. The van der Waals surface area contributed by atoms with E-state index in [2.05, 4.69) is 9.97 Å². The van der Waals surface area contributed by atoms with E-state index in [-0.39, 0.29) is 18.0 Å². The van der Waals surface area contributed by atoms with Crippen molar-refractivity contribution in [2.24, 2.45) is 7.05 Å². The number of amides is 1. The number of carbonyl (C=O) groups is 1. The molecule has 0 spiro atoms. The molecule has 4 aromatic rings. The van der Waals surface area contributed by atoms with Gasteiger partial charge in [-0.3, -0.25) is 14.6 Å². The number of likely N-dealkylation sites (N-methyl/N-ethyl adjacent to an activating group) is 1. The second kappa shape index (κ2) is 7.68. The fourth-order valence-corrected chi connectivity index (χ4v) is 3.49. The lowest BCUT2D eigenvalue weighted by atomic mass is 10.1. The van der Waals surface area contributed by atoms with Crippen LogP contribution < -0.4 is 5.56 Å². The van der Waals surface area contributed by atoms with Gasteiger partial charge in [0.1, 0.15) is 0 Å². The van der Waals surface area contributed by atoms with Gasteiger partial charge in [0.15, 0.2) is 0 Å². The summed E-state index contributed by atoms with van der Waals surface area (Å²) in [4.78, 5) is 35.5. The van der Waals surface area contributed by atoms with Gasteiger partial charge in [0.25, 0.3) is 11.5 Å². The number of fused-ring (bicyclic) bond motifs is 2. The SMILES string of the molecule is C[C@H](O)CN(C)C(=O)c1ccc2ncc(-c3ccc4c(=O)n(C)ccc4c3)nc2c1. The highest BCUT2D eigenvalue weighted by Crippen LogP contribution is 2.23. The third kappa shape index (κ3) is 3.67. The summed E-state index contributed by atoms with van der Waals surface area (Å²) in [6.45, 7) is 1.89. The molecule has 7 heteroatoms. The van der Waals surface area contributed by atoms with Crippen LogP contribution in [0, 0.1) is 0 Å². The summed E-state index contributed by atoms with van der Waals surface area (Å²) in [5, 5.41) is 11.0. The first kappa shape index (κ1) is 19.7. The normalized spacial score (nSPS) is 12.3. The zero-order chi connectivity index (χ0) is 21.4. The molecule has 4 rings (SSSR count). The van der Waals surface area contributed by atoms with E-state index >= 15 is 0 Å². The molecule has 0 saturated carbocycles. The lowest BCUT2D eigenvalue weighted by Crippen LogP contribution is -2.33. The van der Waals surface area contributed by atoms with Gasteiger partial charge in [-0.15, -0.1) is 0 Å². The van der Waals surface area contributed by atoms with E-state index in [4.69, 9.17) is 0 Å². The summed E-state index contributed by atoms with van der Waals surface area (Å²) in [7, 11) is 3.38. The number of hydrogen-bond donors (Lipinski definition) is 1. The predicted molar refractivity (Wildman–Crippen MR) is 116 cm³/mol. The van der Waals surface area contributed by atoms with Crippen LogP contribution in [0.3, 0.4) is 0 Å². The van der Waals surface area contributed by atoms with E-state index in [9.17, 15) is 14.7 Å². The molecule has 0 saturated heterocycles. The summed E-state index contributed by atoms with van der Waals surface area (Å²) in [6.07, 6.45) is 2.82. The molecule has 0 aliphatic carbocycles. The molecule has 0 radical (unpaired) electrons. The number of aliphatic hydroxyl groups is 1. The average Bonchev–Trinajstić information content (AvgIpc) is 2.74. The number of aryl methyl sites for hydroxylation is 1. The van der Waals surface area contributed by atoms with Crippen LogP contribution in [0.4, 0.5) is 0 Å². The van der Waals surface area contributed by atoms with Gasteiger partial charge in [0, 0.05) is 43.4 Å². The maximum atomic E-state index is 12.6. The van der Waals surface area contributed by atoms with Crippen LogP contribution in [0.25, 0.3) is 33.1 Å². The second-order valence-electron chi connectivity index (χ2n) is 7.53. The van der Waals surface area contributed by atoms with Crippen LogP contribution in [0.15, 0.2) is 59.7 Å². The van der Waals surface area contributed by atoms with Crippen LogP contribution in [-0.4, -0.2) is 50.1 Å². The molecule has 1 amide bonds. The molecule has 2 aromatic heterocycles. The minimum Gasteiger partial charge on any atom is -0.392 e. The molecule has 1 N–H and O–H groups in total. The van der Waals surface area contributed by atoms with Crippen molar-refractivity contribution in [3.63, 3.8) is 0 Å². The summed E-state index contributed by atoms with van der Waals surface area (Å²) >= 11 is 0. The lowest BCUT2D eigenvalue weighted by molar-refractivity contribution is 0.0704. The van der Waals surface area contributed by atoms with Crippen molar-refractivity contribution in [1.82, 2.24) is 19.4 Å². The Morgan fingerprint density at radius 3 is 2.73 bits per heavy atom. The van der Waals surface area contributed by atoms with E-state index in [1.165, 1.54) is 4.90 Å². The Bertz CT molecular complexity index is 1330. The van der Waals surface area contributed by atoms with E-state index in [1.807, 2.05) is 18.2 Å². The second-order valence-corrected chi connectivity index (χ2v) is 7.53. The molecule has 2 heterocycles. The fraction of sp³-hybridized carbons (Fsp3) is 0.217. The van der Waals surface area contributed by atoms with Crippen LogP contribution >= 0.6 is 0 Å². The number of carbonyl (C=O) groups excluding carboxylic acids is 1. The predicted octanol–water partition coefficient (Wildman–Crippen LogP) is 2.60. The largest absolute Gasteiger partial charge is 0.392 e. The third-order valence-corrected chi connectivity index (χ3v) is 5.05. The molecule has 152 valence electrons. The molecule has 1 atom stereocenters. The van der Waals surface area contributed by atoms with Gasteiger partial charge < -0.3 is 14.6 Å². The number of aromatic nitrogens is 3. The zero-order valence-electron chi connectivity index (χ0n) is 17.0. The molecule has 7 nitrogen and oxygen atoms in total. The van der Waals surface area contributed by atoms with Gasteiger partial charge in [-0.05, 0) is 48.7 Å². The fourth-order valence-electron chi connectivity index (χ4n) is 3.49. The van der Waals surface area contributed by atoms with Gasteiger partial charge in [0.05, 0.1) is 29.0 Å². The topological polar surface area (TPSA) is 88.3 Å². The first-order valence-corrected chi connectivity index (χ1v) is 9.63. The number of pyridine rings is 1. The number of rotatable bonds is 4. The van der Waals surface area contributed by atoms with Gasteiger partial charge in [-0.1, -0.05) is 6.07 Å². The lowest BCUT2D eigenvalue weighted by Gasteiger charge is -2.18. The van der Waals surface area contributed by atoms with Gasteiger partial charge in [-0.2, -0.15) is 0 Å². The summed E-state index contributed by atoms with van der Waals surface area (Å²) in [5.74, 6) is -0.188. The number of aliphatic hydroxyl groups excluding tert-OH is 1. The highest BCUT2D eigenvalue weighted by molar-refractivity contribution is 5.97. The van der Waals surface area contributed by atoms with Crippen molar-refractivity contribution in [3.8, 4) is 11.3 Å². The highest BCUT2D eigenvalue weighted by atomic mass is 16.3. The average molecular weight is 402 g/mol. The van der Waals surface area contributed by atoms with E-state index < -0.39 is 6.10 Å². The van der Waals surface area contributed by atoms with Gasteiger partial charge in [-0.25, -0.2) is 4.98 Å². The molecule has 0 bridgehead atoms. The maximum Gasteiger partial charge on any atom is 0.258 e. The first-order valence-electron chi connectivity index (χ1n) is 9.63. The van der Waals surface area contributed by atoms with Gasteiger partial charge in [0.2, 0.25) is 0 Å². The van der Waals surface area contributed by atoms with Crippen LogP contribution in [-0.2, 0) is 7.05 Å². The standard InChI is InChI=1S/C23H22N4O3/c1-14(28)13-27(3)22(29)17-5-7-19-20(11-17)25-21(12-24-19)16-4-6-18-15(10-16)8-9-26(2)23(18)30/h4-12,14,28H,13H2,1-3H3/t14-/m0/s1. The molecular formula is C23H22N4O3. The van der Waals surface area contributed by atoms with Crippen molar-refractivity contribution in [1.29, 1.82) is 0 Å². The highest BCUT2D eigenvalue weighted by Gasteiger charge is 2.15. The van der Waals surface area contributed by atoms with Crippen molar-refractivity contribution >= 4 is 27.7 Å². The Hall–Kier alpha value is -3.58. The van der Waals surface area contributed by atoms with Crippen molar-refractivity contribution in [3.05, 3.63) is 70.8 Å². The van der Waals surface area contributed by atoms with Crippen molar-refractivity contribution < 1.29 is 9.90 Å². The van der Waals surface area contributed by atoms with E-state index in [0.29, 0.717) is 27.7 Å². The Labute approximate surface area is 173 Å².